The van der Waals surface area contributed by atoms with Crippen molar-refractivity contribution in [1.82, 2.24) is 0 Å². The third-order valence-electron chi connectivity index (χ3n) is 3.56. The fourth-order valence-corrected chi connectivity index (χ4v) is 2.88. The summed E-state index contributed by atoms with van der Waals surface area (Å²) in [5.74, 6) is -1.56. The highest BCUT2D eigenvalue weighted by atomic mass is 32.2. The number of rotatable bonds is 10. The van der Waals surface area contributed by atoms with Crippen LogP contribution in [0.2, 0.25) is 0 Å². The molecule has 27 heavy (non-hydrogen) atoms. The zero-order chi connectivity index (χ0) is 21.1. The fourth-order valence-electron chi connectivity index (χ4n) is 1.76. The molecule has 7 nitrogen and oxygen atoms in total. The van der Waals surface area contributed by atoms with Crippen LogP contribution in [0.15, 0.2) is 29.2 Å². The number of aliphatic hydroxyl groups excluding tert-OH is 2. The van der Waals surface area contributed by atoms with Crippen LogP contribution in [-0.4, -0.2) is 51.0 Å². The average molecular weight is 407 g/mol. The van der Waals surface area contributed by atoms with Crippen LogP contribution >= 0.6 is 0 Å². The molecular weight excluding hydrogens is 372 g/mol. The maximum atomic E-state index is 12.3. The molecule has 0 saturated carbocycles. The molecule has 0 fully saturated rings. The zero-order valence-electron chi connectivity index (χ0n) is 17.2. The van der Waals surface area contributed by atoms with E-state index in [0.717, 1.165) is 5.56 Å². The lowest BCUT2D eigenvalue weighted by atomic mass is 9.97. The Labute approximate surface area is 163 Å². The Balaban J connectivity index is 0.000000821. The SMILES string of the molecule is CC(C)(CO)CO.CCOC(CC)(OCC)OS(=O)(=O)c1ccc(C)cc1. The molecule has 0 saturated heterocycles. The Morgan fingerprint density at radius 1 is 0.926 bits per heavy atom. The van der Waals surface area contributed by atoms with Gasteiger partial charge < -0.3 is 19.7 Å². The van der Waals surface area contributed by atoms with Gasteiger partial charge in [0.15, 0.2) is 0 Å². The predicted molar refractivity (Wildman–Crippen MR) is 104 cm³/mol. The van der Waals surface area contributed by atoms with Gasteiger partial charge in [-0.25, -0.2) is 4.18 Å². The van der Waals surface area contributed by atoms with Gasteiger partial charge in [0, 0.05) is 25.0 Å². The minimum Gasteiger partial charge on any atom is -0.396 e. The molecule has 0 unspecified atom stereocenters. The van der Waals surface area contributed by atoms with Crippen LogP contribution in [0, 0.1) is 12.3 Å². The molecule has 158 valence electrons. The van der Waals surface area contributed by atoms with E-state index in [9.17, 15) is 8.42 Å². The molecule has 1 aromatic rings. The predicted octanol–water partition coefficient (Wildman–Crippen LogP) is 2.83. The molecule has 1 rings (SSSR count). The lowest BCUT2D eigenvalue weighted by Gasteiger charge is -2.30. The van der Waals surface area contributed by atoms with Crippen LogP contribution in [0.25, 0.3) is 0 Å². The molecule has 0 aliphatic heterocycles. The van der Waals surface area contributed by atoms with E-state index < -0.39 is 16.1 Å². The van der Waals surface area contributed by atoms with Crippen molar-refractivity contribution >= 4 is 10.1 Å². The van der Waals surface area contributed by atoms with E-state index >= 15 is 0 Å². The monoisotopic (exact) mass is 406 g/mol. The second kappa shape index (κ2) is 11.7. The molecule has 0 radical (unpaired) electrons. The topological polar surface area (TPSA) is 102 Å². The summed E-state index contributed by atoms with van der Waals surface area (Å²) in [5.41, 5.74) is 0.667. The number of hydrogen-bond donors (Lipinski definition) is 2. The Hall–Kier alpha value is -1.03. The van der Waals surface area contributed by atoms with E-state index in [1.807, 2.05) is 6.92 Å². The molecule has 0 atom stereocenters. The number of benzene rings is 1. The third-order valence-corrected chi connectivity index (χ3v) is 4.89. The van der Waals surface area contributed by atoms with E-state index in [1.165, 1.54) is 12.1 Å². The first-order chi connectivity index (χ1) is 12.5. The highest BCUT2D eigenvalue weighted by Crippen LogP contribution is 2.26. The van der Waals surface area contributed by atoms with Crippen LogP contribution in [0.3, 0.4) is 0 Å². The summed E-state index contributed by atoms with van der Waals surface area (Å²) in [6, 6.07) is 6.43. The molecule has 0 bridgehead atoms. The van der Waals surface area contributed by atoms with Gasteiger partial charge in [-0.15, -0.1) is 0 Å². The van der Waals surface area contributed by atoms with Gasteiger partial charge in [0.2, 0.25) is 0 Å². The van der Waals surface area contributed by atoms with Gasteiger partial charge in [-0.1, -0.05) is 38.5 Å². The number of ether oxygens (including phenoxy) is 2. The van der Waals surface area contributed by atoms with Gasteiger partial charge in [0.1, 0.15) is 0 Å². The van der Waals surface area contributed by atoms with Crippen molar-refractivity contribution in [3.63, 3.8) is 0 Å². The highest BCUT2D eigenvalue weighted by Gasteiger charge is 2.37. The third kappa shape index (κ3) is 9.14. The number of hydrogen-bond acceptors (Lipinski definition) is 7. The van der Waals surface area contributed by atoms with E-state index in [0.29, 0.717) is 0 Å². The van der Waals surface area contributed by atoms with E-state index in [4.69, 9.17) is 23.9 Å². The van der Waals surface area contributed by atoms with Crippen molar-refractivity contribution in [1.29, 1.82) is 0 Å². The summed E-state index contributed by atoms with van der Waals surface area (Å²) >= 11 is 0. The van der Waals surface area contributed by atoms with E-state index in [1.54, 1.807) is 46.8 Å². The first-order valence-corrected chi connectivity index (χ1v) is 10.4. The summed E-state index contributed by atoms with van der Waals surface area (Å²) in [6.07, 6.45) is 0.264. The van der Waals surface area contributed by atoms with Gasteiger partial charge in [0.05, 0.1) is 18.1 Å². The highest BCUT2D eigenvalue weighted by molar-refractivity contribution is 7.86. The van der Waals surface area contributed by atoms with Crippen molar-refractivity contribution in [3.05, 3.63) is 29.8 Å². The number of aryl methyl sites for hydroxylation is 1. The van der Waals surface area contributed by atoms with Gasteiger partial charge in [-0.05, 0) is 32.9 Å². The van der Waals surface area contributed by atoms with Gasteiger partial charge in [-0.3, -0.25) is 0 Å². The summed E-state index contributed by atoms with van der Waals surface area (Å²) in [5, 5.41) is 16.9. The molecule has 0 spiro atoms. The Kier molecular flexibility index (Phi) is 11.3. The molecule has 2 N–H and O–H groups in total. The summed E-state index contributed by atoms with van der Waals surface area (Å²) in [6.45, 7) is 11.4. The maximum Gasteiger partial charge on any atom is 0.301 e. The van der Waals surface area contributed by atoms with Crippen LogP contribution in [0.4, 0.5) is 0 Å². The van der Waals surface area contributed by atoms with Gasteiger partial charge >= 0.3 is 10.1 Å². The second-order valence-corrected chi connectivity index (χ2v) is 8.28. The first-order valence-electron chi connectivity index (χ1n) is 9.03. The molecule has 0 aliphatic carbocycles. The van der Waals surface area contributed by atoms with Crippen molar-refractivity contribution in [2.45, 2.75) is 58.8 Å². The molecule has 8 heteroatoms. The largest absolute Gasteiger partial charge is 0.396 e. The van der Waals surface area contributed by atoms with Gasteiger partial charge in [-0.2, -0.15) is 8.42 Å². The average Bonchev–Trinajstić information content (AvgIpc) is 2.62. The number of aliphatic hydroxyl groups is 2. The lowest BCUT2D eigenvalue weighted by molar-refractivity contribution is -0.340. The van der Waals surface area contributed by atoms with Crippen molar-refractivity contribution in [2.24, 2.45) is 5.41 Å². The Morgan fingerprint density at radius 3 is 1.67 bits per heavy atom. The molecular formula is C19H34O7S. The molecule has 0 aromatic heterocycles. The summed E-state index contributed by atoms with van der Waals surface area (Å²) in [7, 11) is -3.94. The van der Waals surface area contributed by atoms with Crippen LogP contribution in [0.1, 0.15) is 46.6 Å². The van der Waals surface area contributed by atoms with Crippen LogP contribution < -0.4 is 0 Å². The van der Waals surface area contributed by atoms with E-state index in [-0.39, 0.29) is 43.2 Å². The molecule has 0 amide bonds. The second-order valence-electron chi connectivity index (χ2n) is 6.73. The summed E-state index contributed by atoms with van der Waals surface area (Å²) < 4.78 is 40.5. The standard InChI is InChI=1S/C14H22O5S.C5H12O2/c1-5-14(17-6-2,18-7-3)19-20(15,16)13-10-8-12(4)9-11-13;1-5(2,3-6)4-7/h8-11H,5-7H2,1-4H3;6-7H,3-4H2,1-2H3. The minimum absolute atomic E-state index is 0.0451. The smallest absolute Gasteiger partial charge is 0.301 e. The van der Waals surface area contributed by atoms with Crippen molar-refractivity contribution in [3.8, 4) is 0 Å². The minimum atomic E-state index is -3.94. The van der Waals surface area contributed by atoms with Crippen molar-refractivity contribution < 1.29 is 32.3 Å². The molecule has 1 aromatic carbocycles. The van der Waals surface area contributed by atoms with E-state index in [2.05, 4.69) is 0 Å². The first kappa shape index (κ1) is 26.0. The quantitative estimate of drug-likeness (QED) is 0.455. The lowest BCUT2D eigenvalue weighted by Crippen LogP contribution is -2.40. The Bertz CT molecular complexity index is 612. The molecule has 0 heterocycles. The summed E-state index contributed by atoms with van der Waals surface area (Å²) in [4.78, 5) is 0.0836. The maximum absolute atomic E-state index is 12.3. The normalized spacial score (nSPS) is 12.4. The van der Waals surface area contributed by atoms with Crippen LogP contribution in [-0.2, 0) is 23.8 Å². The van der Waals surface area contributed by atoms with Gasteiger partial charge in [0.25, 0.3) is 5.97 Å². The zero-order valence-corrected chi connectivity index (χ0v) is 18.0. The fraction of sp³-hybridized carbons (Fsp3) is 0.684. The Morgan fingerprint density at radius 2 is 1.37 bits per heavy atom. The van der Waals surface area contributed by atoms with Crippen LogP contribution in [0.5, 0.6) is 0 Å². The van der Waals surface area contributed by atoms with Crippen molar-refractivity contribution in [2.75, 3.05) is 26.4 Å². The molecule has 0 aliphatic rings.